The first-order valence-corrected chi connectivity index (χ1v) is 6.61. The van der Waals surface area contributed by atoms with Crippen molar-refractivity contribution in [1.82, 2.24) is 24.4 Å². The largest absolute Gasteiger partial charge is 0.379 e. The van der Waals surface area contributed by atoms with E-state index in [1.807, 2.05) is 41.3 Å². The van der Waals surface area contributed by atoms with Gasteiger partial charge in [-0.3, -0.25) is 0 Å². The molecule has 0 unspecified atom stereocenters. The van der Waals surface area contributed by atoms with Crippen LogP contribution in [0.5, 0.6) is 0 Å². The van der Waals surface area contributed by atoms with Gasteiger partial charge in [0.15, 0.2) is 5.82 Å². The first-order valence-electron chi connectivity index (χ1n) is 5.77. The number of nitrogens with zero attached hydrogens (tertiary/aromatic N) is 5. The molecule has 1 aromatic carbocycles. The Morgan fingerprint density at radius 3 is 3.00 bits per heavy atom. The Bertz CT molecular complexity index is 660. The normalized spacial score (nSPS) is 10.6. The van der Waals surface area contributed by atoms with Crippen LogP contribution in [0, 0.1) is 0 Å². The molecule has 1 N–H and O–H groups in total. The fraction of sp³-hybridized carbons (Fsp3) is 0.167. The molecule has 0 amide bonds. The maximum atomic E-state index is 4.10. The Kier molecular flexibility index (Phi) is 3.20. The van der Waals surface area contributed by atoms with Crippen LogP contribution in [0.1, 0.15) is 5.69 Å². The quantitative estimate of drug-likeness (QED) is 0.786. The van der Waals surface area contributed by atoms with Gasteiger partial charge in [-0.25, -0.2) is 0 Å². The molecule has 2 heterocycles. The van der Waals surface area contributed by atoms with E-state index < -0.39 is 0 Å². The number of hydrogen-bond acceptors (Lipinski definition) is 6. The molecule has 0 aliphatic rings. The maximum Gasteiger partial charge on any atom is 0.163 e. The van der Waals surface area contributed by atoms with E-state index in [1.165, 1.54) is 11.5 Å². The van der Waals surface area contributed by atoms with Crippen LogP contribution in [0.3, 0.4) is 0 Å². The molecule has 0 atom stereocenters. The highest BCUT2D eigenvalue weighted by Crippen LogP contribution is 2.20. The highest BCUT2D eigenvalue weighted by molar-refractivity contribution is 7.03. The van der Waals surface area contributed by atoms with Crippen LogP contribution in [0.25, 0.3) is 11.4 Å². The molecule has 3 rings (SSSR count). The Labute approximate surface area is 114 Å². The van der Waals surface area contributed by atoms with Crippen LogP contribution in [0.15, 0.2) is 36.0 Å². The number of aryl methyl sites for hydroxylation is 1. The van der Waals surface area contributed by atoms with Gasteiger partial charge >= 0.3 is 0 Å². The van der Waals surface area contributed by atoms with Gasteiger partial charge < -0.3 is 9.88 Å². The van der Waals surface area contributed by atoms with Crippen LogP contribution in [0.2, 0.25) is 0 Å². The number of rotatable bonds is 4. The smallest absolute Gasteiger partial charge is 0.163 e. The summed E-state index contributed by atoms with van der Waals surface area (Å²) < 4.78 is 5.73. The minimum atomic E-state index is 0.665. The van der Waals surface area contributed by atoms with Crippen LogP contribution in [0.4, 0.5) is 5.69 Å². The summed E-state index contributed by atoms with van der Waals surface area (Å²) in [5.74, 6) is 0.846. The average molecular weight is 272 g/mol. The van der Waals surface area contributed by atoms with Crippen molar-refractivity contribution in [2.45, 2.75) is 6.54 Å². The first-order chi connectivity index (χ1) is 9.33. The highest BCUT2D eigenvalue weighted by atomic mass is 32.1. The second kappa shape index (κ2) is 5.15. The summed E-state index contributed by atoms with van der Waals surface area (Å²) >= 11 is 1.36. The van der Waals surface area contributed by atoms with E-state index in [0.717, 1.165) is 22.8 Å². The SMILES string of the molecule is Cn1cnnc1-c1cccc(NCc2csnn2)c1. The van der Waals surface area contributed by atoms with Gasteiger partial charge in [0, 0.05) is 23.7 Å². The van der Waals surface area contributed by atoms with Crippen molar-refractivity contribution in [3.05, 3.63) is 41.7 Å². The first kappa shape index (κ1) is 11.8. The second-order valence-corrected chi connectivity index (χ2v) is 4.71. The summed E-state index contributed by atoms with van der Waals surface area (Å²) in [4.78, 5) is 0. The predicted molar refractivity (Wildman–Crippen MR) is 73.7 cm³/mol. The molecule has 3 aromatic rings. The molecule has 19 heavy (non-hydrogen) atoms. The number of aromatic nitrogens is 5. The summed E-state index contributed by atoms with van der Waals surface area (Å²) in [6.45, 7) is 0.665. The molecule has 0 fully saturated rings. The lowest BCUT2D eigenvalue weighted by Crippen LogP contribution is -2.00. The highest BCUT2D eigenvalue weighted by Gasteiger charge is 2.05. The standard InChI is InChI=1S/C12H12N6S/c1-18-8-14-16-12(18)9-3-2-4-10(5-9)13-6-11-7-19-17-15-11/h2-5,7-8,13H,6H2,1H3. The Morgan fingerprint density at radius 1 is 1.32 bits per heavy atom. The molecule has 2 aromatic heterocycles. The molecular formula is C12H12N6S. The molecule has 0 saturated carbocycles. The van der Waals surface area contributed by atoms with E-state index in [9.17, 15) is 0 Å². The van der Waals surface area contributed by atoms with Crippen LogP contribution in [-0.2, 0) is 13.6 Å². The van der Waals surface area contributed by atoms with Crippen molar-refractivity contribution in [3.8, 4) is 11.4 Å². The Hall–Kier alpha value is -2.28. The zero-order chi connectivity index (χ0) is 13.1. The minimum absolute atomic E-state index is 0.665. The second-order valence-electron chi connectivity index (χ2n) is 4.10. The lowest BCUT2D eigenvalue weighted by atomic mass is 10.2. The van der Waals surface area contributed by atoms with E-state index in [2.05, 4.69) is 25.1 Å². The fourth-order valence-corrected chi connectivity index (χ4v) is 2.22. The van der Waals surface area contributed by atoms with Crippen molar-refractivity contribution in [1.29, 1.82) is 0 Å². The summed E-state index contributed by atoms with van der Waals surface area (Å²) in [5.41, 5.74) is 2.99. The zero-order valence-electron chi connectivity index (χ0n) is 10.3. The Morgan fingerprint density at radius 2 is 2.26 bits per heavy atom. The molecule has 0 radical (unpaired) electrons. The lowest BCUT2D eigenvalue weighted by Gasteiger charge is -2.06. The monoisotopic (exact) mass is 272 g/mol. The van der Waals surface area contributed by atoms with E-state index in [0.29, 0.717) is 6.54 Å². The van der Waals surface area contributed by atoms with Crippen molar-refractivity contribution < 1.29 is 0 Å². The number of nitrogens with one attached hydrogen (secondary N) is 1. The van der Waals surface area contributed by atoms with E-state index in [4.69, 9.17) is 0 Å². The summed E-state index contributed by atoms with van der Waals surface area (Å²) in [7, 11) is 1.93. The minimum Gasteiger partial charge on any atom is -0.379 e. The van der Waals surface area contributed by atoms with Gasteiger partial charge in [0.25, 0.3) is 0 Å². The van der Waals surface area contributed by atoms with Gasteiger partial charge in [0.05, 0.1) is 12.2 Å². The molecule has 96 valence electrons. The van der Waals surface area contributed by atoms with Crippen molar-refractivity contribution in [2.24, 2.45) is 7.05 Å². The topological polar surface area (TPSA) is 68.5 Å². The third kappa shape index (κ3) is 2.60. The van der Waals surface area contributed by atoms with Gasteiger partial charge in [-0.05, 0) is 23.7 Å². The fourth-order valence-electron chi connectivity index (χ4n) is 1.77. The van der Waals surface area contributed by atoms with Gasteiger partial charge in [0.2, 0.25) is 0 Å². The molecule has 6 nitrogen and oxygen atoms in total. The summed E-state index contributed by atoms with van der Waals surface area (Å²) in [6, 6.07) is 8.06. The average Bonchev–Trinajstić information content (AvgIpc) is 3.08. The molecule has 0 saturated heterocycles. The molecule has 0 aliphatic heterocycles. The third-order valence-electron chi connectivity index (χ3n) is 2.71. The van der Waals surface area contributed by atoms with Gasteiger partial charge in [0.1, 0.15) is 6.33 Å². The molecule has 0 spiro atoms. The van der Waals surface area contributed by atoms with E-state index in [-0.39, 0.29) is 0 Å². The van der Waals surface area contributed by atoms with Gasteiger partial charge in [-0.1, -0.05) is 16.6 Å². The molecular weight excluding hydrogens is 260 g/mol. The Balaban J connectivity index is 1.78. The number of benzene rings is 1. The van der Waals surface area contributed by atoms with E-state index >= 15 is 0 Å². The molecule has 0 bridgehead atoms. The van der Waals surface area contributed by atoms with Crippen molar-refractivity contribution >= 4 is 17.2 Å². The van der Waals surface area contributed by atoms with Gasteiger partial charge in [-0.2, -0.15) is 0 Å². The van der Waals surface area contributed by atoms with E-state index in [1.54, 1.807) is 6.33 Å². The van der Waals surface area contributed by atoms with Crippen molar-refractivity contribution in [2.75, 3.05) is 5.32 Å². The summed E-state index contributed by atoms with van der Waals surface area (Å²) in [6.07, 6.45) is 1.69. The van der Waals surface area contributed by atoms with Crippen molar-refractivity contribution in [3.63, 3.8) is 0 Å². The number of anilines is 1. The number of hydrogen-bond donors (Lipinski definition) is 1. The zero-order valence-corrected chi connectivity index (χ0v) is 11.1. The maximum absolute atomic E-state index is 4.10. The molecule has 7 heteroatoms. The lowest BCUT2D eigenvalue weighted by molar-refractivity contribution is 0.919. The van der Waals surface area contributed by atoms with Crippen LogP contribution < -0.4 is 5.32 Å². The van der Waals surface area contributed by atoms with Gasteiger partial charge in [-0.15, -0.1) is 15.3 Å². The molecule has 0 aliphatic carbocycles. The predicted octanol–water partition coefficient (Wildman–Crippen LogP) is 1.95. The third-order valence-corrected chi connectivity index (χ3v) is 3.26. The summed E-state index contributed by atoms with van der Waals surface area (Å²) in [5, 5.41) is 17.2. The van der Waals surface area contributed by atoms with Crippen LogP contribution >= 0.6 is 11.5 Å². The van der Waals surface area contributed by atoms with Crippen LogP contribution in [-0.4, -0.2) is 24.4 Å².